The van der Waals surface area contributed by atoms with Gasteiger partial charge >= 0.3 is 5.97 Å². The van der Waals surface area contributed by atoms with Crippen LogP contribution in [0.15, 0.2) is 63.5 Å². The maximum absolute atomic E-state index is 12.5. The number of methoxy groups -OCH3 is 1. The molecule has 1 amide bonds. The van der Waals surface area contributed by atoms with Crippen LogP contribution in [0.2, 0.25) is 0 Å². The lowest BCUT2D eigenvalue weighted by Gasteiger charge is -2.23. The number of benzene rings is 2. The minimum Gasteiger partial charge on any atom is -0.493 e. The lowest BCUT2D eigenvalue weighted by atomic mass is 10.1. The Morgan fingerprint density at radius 1 is 1.15 bits per heavy atom. The summed E-state index contributed by atoms with van der Waals surface area (Å²) in [4.78, 5) is 29.7. The molecule has 0 radical (unpaired) electrons. The summed E-state index contributed by atoms with van der Waals surface area (Å²) < 4.78 is 38.5. The van der Waals surface area contributed by atoms with E-state index in [1.165, 1.54) is 25.3 Å². The number of ether oxygens (including phenoxy) is 2. The summed E-state index contributed by atoms with van der Waals surface area (Å²) in [5.41, 5.74) is 0.684. The van der Waals surface area contributed by atoms with E-state index in [4.69, 9.17) is 14.9 Å². The van der Waals surface area contributed by atoms with Crippen molar-refractivity contribution in [3.63, 3.8) is 0 Å². The van der Waals surface area contributed by atoms with Crippen molar-refractivity contribution in [3.05, 3.63) is 65.2 Å². The van der Waals surface area contributed by atoms with Gasteiger partial charge < -0.3 is 9.47 Å². The van der Waals surface area contributed by atoms with Gasteiger partial charge in [-0.25, -0.2) is 18.1 Å². The Morgan fingerprint density at radius 2 is 1.88 bits per heavy atom. The van der Waals surface area contributed by atoms with Crippen molar-refractivity contribution in [2.75, 3.05) is 13.4 Å². The van der Waals surface area contributed by atoms with E-state index in [0.717, 1.165) is 11.2 Å². The molecule has 2 aliphatic heterocycles. The zero-order chi connectivity index (χ0) is 23.8. The van der Waals surface area contributed by atoms with Crippen molar-refractivity contribution >= 4 is 55.9 Å². The van der Waals surface area contributed by atoms with Gasteiger partial charge in [-0.2, -0.15) is 9.39 Å². The van der Waals surface area contributed by atoms with E-state index in [-0.39, 0.29) is 33.2 Å². The first-order valence-corrected chi connectivity index (χ1v) is 12.0. The molecule has 0 saturated heterocycles. The number of hydrogen-bond acceptors (Lipinski definition) is 9. The highest BCUT2D eigenvalue weighted by Crippen LogP contribution is 2.32. The molecule has 168 valence electrons. The molecule has 2 aromatic rings. The van der Waals surface area contributed by atoms with Crippen LogP contribution in [0.5, 0.6) is 11.5 Å². The maximum atomic E-state index is 12.5. The molecule has 0 aliphatic carbocycles. The van der Waals surface area contributed by atoms with Crippen molar-refractivity contribution in [1.29, 1.82) is 5.41 Å². The molecule has 2 aromatic carbocycles. The predicted molar refractivity (Wildman–Crippen MR) is 124 cm³/mol. The summed E-state index contributed by atoms with van der Waals surface area (Å²) in [7, 11) is -2.35. The predicted octanol–water partition coefficient (Wildman–Crippen LogP) is 2.54. The lowest BCUT2D eigenvalue weighted by molar-refractivity contribution is -0.114. The topological polar surface area (TPSA) is 139 Å². The number of aliphatic imine (C=N–C) groups is 1. The lowest BCUT2D eigenvalue weighted by Crippen LogP contribution is -2.45. The molecule has 2 aliphatic rings. The van der Waals surface area contributed by atoms with E-state index < -0.39 is 21.7 Å². The number of sulfone groups is 1. The molecule has 0 spiro atoms. The fraction of sp³-hybridized carbons (Fsp3) is 0.0952. The number of amides is 1. The number of nitrogens with one attached hydrogen (secondary N) is 1. The Morgan fingerprint density at radius 3 is 2.55 bits per heavy atom. The van der Waals surface area contributed by atoms with Gasteiger partial charge in [-0.1, -0.05) is 24.3 Å². The molecular formula is C21H16N4O6S2. The van der Waals surface area contributed by atoms with Crippen LogP contribution < -0.4 is 9.47 Å². The average molecular weight is 485 g/mol. The van der Waals surface area contributed by atoms with Gasteiger partial charge in [0.1, 0.15) is 5.84 Å². The normalized spacial score (nSPS) is 16.9. The number of carbonyl (C=O) groups is 2. The number of rotatable bonds is 4. The highest BCUT2D eigenvalue weighted by molar-refractivity contribution is 8.16. The van der Waals surface area contributed by atoms with Crippen LogP contribution in [-0.2, 0) is 14.6 Å². The van der Waals surface area contributed by atoms with Crippen LogP contribution in [-0.4, -0.2) is 54.7 Å². The van der Waals surface area contributed by atoms with E-state index >= 15 is 0 Å². The SMILES string of the molecule is COc1cc(C=C2C(=N)N3C(=NC2=O)SN=C3S(C)(=O)=O)ccc1OC(=O)c1ccccc1. The molecule has 10 nitrogen and oxygen atoms in total. The van der Waals surface area contributed by atoms with Crippen LogP contribution in [0, 0.1) is 5.41 Å². The Balaban J connectivity index is 1.64. The zero-order valence-electron chi connectivity index (χ0n) is 17.3. The first-order chi connectivity index (χ1) is 15.7. The third-order valence-corrected chi connectivity index (χ3v) is 6.29. The molecule has 0 fully saturated rings. The van der Waals surface area contributed by atoms with Gasteiger partial charge in [0.25, 0.3) is 5.91 Å². The molecule has 4 rings (SSSR count). The average Bonchev–Trinajstić information content (AvgIpc) is 3.22. The first kappa shape index (κ1) is 22.4. The molecule has 0 bridgehead atoms. The van der Waals surface area contributed by atoms with Gasteiger partial charge in [0.2, 0.25) is 20.2 Å². The van der Waals surface area contributed by atoms with Crippen LogP contribution in [0.1, 0.15) is 15.9 Å². The zero-order valence-corrected chi connectivity index (χ0v) is 18.9. The molecule has 12 heteroatoms. The van der Waals surface area contributed by atoms with E-state index in [1.54, 1.807) is 36.4 Å². The monoisotopic (exact) mass is 484 g/mol. The third kappa shape index (κ3) is 4.43. The summed E-state index contributed by atoms with van der Waals surface area (Å²) >= 11 is 0.716. The number of fused-ring (bicyclic) bond motifs is 1. The standard InChI is InChI=1S/C21H16N4O6S2/c1-30-16-11-12(8-9-15(16)31-19(27)13-6-4-3-5-7-13)10-14-17(22)25-20(23-18(14)26)32-24-21(25)33(2,28)29/h3-11,22H,1-2H3. The molecule has 0 atom stereocenters. The highest BCUT2D eigenvalue weighted by Gasteiger charge is 2.41. The van der Waals surface area contributed by atoms with Crippen LogP contribution in [0.25, 0.3) is 6.08 Å². The van der Waals surface area contributed by atoms with Crippen molar-refractivity contribution in [3.8, 4) is 11.5 Å². The van der Waals surface area contributed by atoms with Gasteiger partial charge in [-0.15, -0.1) is 0 Å². The second-order valence-electron chi connectivity index (χ2n) is 6.84. The van der Waals surface area contributed by atoms with E-state index in [1.807, 2.05) is 0 Å². The fourth-order valence-electron chi connectivity index (χ4n) is 3.00. The number of hydrogen-bond donors (Lipinski definition) is 1. The van der Waals surface area contributed by atoms with Crippen molar-refractivity contribution in [2.24, 2.45) is 9.39 Å². The molecule has 0 saturated carbocycles. The quantitative estimate of drug-likeness (QED) is 0.302. The summed E-state index contributed by atoms with van der Waals surface area (Å²) in [5, 5.41) is 8.03. The van der Waals surface area contributed by atoms with Gasteiger partial charge in [0, 0.05) is 6.26 Å². The van der Waals surface area contributed by atoms with Crippen LogP contribution >= 0.6 is 11.9 Å². The van der Waals surface area contributed by atoms with E-state index in [2.05, 4.69) is 9.39 Å². The molecule has 2 heterocycles. The second kappa shape index (κ2) is 8.64. The van der Waals surface area contributed by atoms with Gasteiger partial charge in [0.05, 0.1) is 30.2 Å². The summed E-state index contributed by atoms with van der Waals surface area (Å²) in [6, 6.07) is 13.0. The minimum atomic E-state index is -3.74. The molecular weight excluding hydrogens is 468 g/mol. The number of nitrogens with zero attached hydrogens (tertiary/aromatic N) is 3. The molecule has 0 aromatic heterocycles. The molecule has 1 N–H and O–H groups in total. The Kier molecular flexibility index (Phi) is 5.87. The number of esters is 1. The Hall–Kier alpha value is -3.77. The van der Waals surface area contributed by atoms with Crippen molar-refractivity contribution in [1.82, 2.24) is 4.90 Å². The van der Waals surface area contributed by atoms with Gasteiger partial charge in [-0.05, 0) is 35.9 Å². The fourth-order valence-corrected chi connectivity index (χ4v) is 4.84. The van der Waals surface area contributed by atoms with Crippen molar-refractivity contribution in [2.45, 2.75) is 0 Å². The van der Waals surface area contributed by atoms with Gasteiger partial charge in [-0.3, -0.25) is 10.2 Å². The number of amidine groups is 3. The summed E-state index contributed by atoms with van der Waals surface area (Å²) in [6.07, 6.45) is 2.34. The first-order valence-electron chi connectivity index (χ1n) is 9.33. The second-order valence-corrected chi connectivity index (χ2v) is 9.48. The summed E-state index contributed by atoms with van der Waals surface area (Å²) in [5.74, 6) is -1.24. The Labute approximate surface area is 193 Å². The van der Waals surface area contributed by atoms with Crippen molar-refractivity contribution < 1.29 is 27.5 Å². The molecule has 33 heavy (non-hydrogen) atoms. The Bertz CT molecular complexity index is 1380. The summed E-state index contributed by atoms with van der Waals surface area (Å²) in [6.45, 7) is 0. The van der Waals surface area contributed by atoms with Gasteiger partial charge in [0.15, 0.2) is 11.5 Å². The highest BCUT2D eigenvalue weighted by atomic mass is 32.2. The third-order valence-electron chi connectivity index (χ3n) is 4.54. The van der Waals surface area contributed by atoms with Crippen LogP contribution in [0.4, 0.5) is 0 Å². The minimum absolute atomic E-state index is 0.00308. The smallest absolute Gasteiger partial charge is 0.343 e. The number of carbonyl (C=O) groups excluding carboxylic acids is 2. The maximum Gasteiger partial charge on any atom is 0.343 e. The van der Waals surface area contributed by atoms with Crippen LogP contribution in [0.3, 0.4) is 0 Å². The molecule has 0 unspecified atom stereocenters. The largest absolute Gasteiger partial charge is 0.493 e. The van der Waals surface area contributed by atoms with E-state index in [9.17, 15) is 18.0 Å². The van der Waals surface area contributed by atoms with E-state index in [0.29, 0.717) is 23.1 Å².